The molecule has 0 spiro atoms. The molecule has 2 atom stereocenters. The summed E-state index contributed by atoms with van der Waals surface area (Å²) in [5.41, 5.74) is 0.840. The Hall–Kier alpha value is -1.00. The van der Waals surface area contributed by atoms with Gasteiger partial charge in [-0.2, -0.15) is 5.26 Å². The molecule has 1 heterocycles. The van der Waals surface area contributed by atoms with Crippen LogP contribution in [0.2, 0.25) is 5.15 Å². The number of halogens is 1. The van der Waals surface area contributed by atoms with Crippen molar-refractivity contribution >= 4 is 22.9 Å². The third kappa shape index (κ3) is 3.87. The molecule has 0 fully saturated rings. The fourth-order valence-electron chi connectivity index (χ4n) is 0.938. The van der Waals surface area contributed by atoms with E-state index < -0.39 is 11.3 Å². The molecule has 0 radical (unpaired) electrons. The molecule has 86 valence electrons. The normalized spacial score (nSPS) is 14.4. The Kier molecular flexibility index (Phi) is 5.35. The van der Waals surface area contributed by atoms with Crippen LogP contribution in [0.25, 0.3) is 0 Å². The molecule has 1 unspecified atom stereocenters. The van der Waals surface area contributed by atoms with Gasteiger partial charge in [-0.1, -0.05) is 22.0 Å². The van der Waals surface area contributed by atoms with Gasteiger partial charge in [-0.25, -0.2) is 4.98 Å². The van der Waals surface area contributed by atoms with Crippen molar-refractivity contribution in [2.75, 3.05) is 7.11 Å². The lowest BCUT2D eigenvalue weighted by Gasteiger charge is -2.12. The predicted octanol–water partition coefficient (Wildman–Crippen LogP) is 2.57. The summed E-state index contributed by atoms with van der Waals surface area (Å²) in [6.07, 6.45) is 2.97. The van der Waals surface area contributed by atoms with Gasteiger partial charge in [0.15, 0.2) is 11.3 Å². The monoisotopic (exact) mass is 259 g/mol. The van der Waals surface area contributed by atoms with Crippen molar-refractivity contribution < 1.29 is 8.37 Å². The van der Waals surface area contributed by atoms with E-state index in [1.165, 1.54) is 7.11 Å². The smallest absolute Gasteiger partial charge is 0.216 e. The molecule has 0 N–H and O–H groups in total. The first-order valence-corrected chi connectivity index (χ1v) is 5.75. The molecule has 0 aliphatic rings. The highest BCUT2D eigenvalue weighted by Crippen LogP contribution is 2.19. The second-order valence-corrected chi connectivity index (χ2v) is 4.26. The van der Waals surface area contributed by atoms with Gasteiger partial charge in [0.25, 0.3) is 0 Å². The van der Waals surface area contributed by atoms with Gasteiger partial charge in [0.05, 0.1) is 13.2 Å². The summed E-state index contributed by atoms with van der Waals surface area (Å²) >= 11 is 4.50. The predicted molar refractivity (Wildman–Crippen MR) is 61.2 cm³/mol. The maximum atomic E-state index is 8.39. The number of hydrogen-bond acceptors (Lipinski definition) is 5. The zero-order valence-corrected chi connectivity index (χ0v) is 10.3. The fraction of sp³-hybridized carbons (Fsp3) is 0.333. The van der Waals surface area contributed by atoms with E-state index in [0.29, 0.717) is 5.15 Å². The lowest BCUT2D eigenvalue weighted by atomic mass is 10.2. The summed E-state index contributed by atoms with van der Waals surface area (Å²) in [6, 6.07) is 3.46. The highest BCUT2D eigenvalue weighted by Gasteiger charge is 2.09. The molecule has 16 heavy (non-hydrogen) atoms. The molecule has 0 aromatic carbocycles. The zero-order chi connectivity index (χ0) is 12.0. The van der Waals surface area contributed by atoms with Crippen LogP contribution in [0.15, 0.2) is 22.7 Å². The first kappa shape index (κ1) is 13.1. The number of pyridine rings is 1. The average molecular weight is 260 g/mol. The van der Waals surface area contributed by atoms with E-state index in [2.05, 4.69) is 9.35 Å². The van der Waals surface area contributed by atoms with Crippen molar-refractivity contribution in [3.63, 3.8) is 0 Å². The van der Waals surface area contributed by atoms with Gasteiger partial charge in [0.1, 0.15) is 5.15 Å². The van der Waals surface area contributed by atoms with Crippen LogP contribution in [0.3, 0.4) is 0 Å². The standard InChI is InChI=1S/C9H10ClN3O2S/c1-7(15-16(14-2)13-6-11)8-3-4-9(10)12-5-8/h3-5,7H,1-2H3/t7-,16?/m0/s1. The van der Waals surface area contributed by atoms with Gasteiger partial charge in [0.2, 0.25) is 6.19 Å². The summed E-state index contributed by atoms with van der Waals surface area (Å²) in [7, 11) is 1.43. The lowest BCUT2D eigenvalue weighted by Crippen LogP contribution is -2.04. The van der Waals surface area contributed by atoms with E-state index in [-0.39, 0.29) is 6.10 Å². The molecular weight excluding hydrogens is 250 g/mol. The van der Waals surface area contributed by atoms with Gasteiger partial charge >= 0.3 is 0 Å². The Balaban J connectivity index is 2.72. The summed E-state index contributed by atoms with van der Waals surface area (Å²) in [5, 5.41) is 8.81. The molecule has 1 aromatic heterocycles. The minimum absolute atomic E-state index is 0.273. The zero-order valence-electron chi connectivity index (χ0n) is 8.75. The van der Waals surface area contributed by atoms with E-state index >= 15 is 0 Å². The summed E-state index contributed by atoms with van der Waals surface area (Å²) in [4.78, 5) is 3.93. The fourth-order valence-corrected chi connectivity index (χ4v) is 1.67. The van der Waals surface area contributed by atoms with Crippen LogP contribution in [0.1, 0.15) is 18.6 Å². The third-order valence-electron chi connectivity index (χ3n) is 1.70. The molecule has 1 aromatic rings. The van der Waals surface area contributed by atoms with Crippen molar-refractivity contribution in [1.82, 2.24) is 4.98 Å². The molecule has 0 saturated carbocycles. The minimum atomic E-state index is -1.16. The van der Waals surface area contributed by atoms with Crippen LogP contribution >= 0.6 is 11.6 Å². The van der Waals surface area contributed by atoms with Crippen molar-refractivity contribution in [3.05, 3.63) is 29.0 Å². The molecule has 0 saturated heterocycles. The highest BCUT2D eigenvalue weighted by atomic mass is 35.5. The molecule has 0 aliphatic carbocycles. The minimum Gasteiger partial charge on any atom is -0.287 e. The topological polar surface area (TPSA) is 67.5 Å². The van der Waals surface area contributed by atoms with Crippen LogP contribution < -0.4 is 0 Å². The maximum absolute atomic E-state index is 8.39. The number of aromatic nitrogens is 1. The number of rotatable bonds is 4. The van der Waals surface area contributed by atoms with E-state index in [1.54, 1.807) is 24.5 Å². The Morgan fingerprint density at radius 1 is 1.62 bits per heavy atom. The van der Waals surface area contributed by atoms with Crippen LogP contribution in [-0.4, -0.2) is 12.1 Å². The van der Waals surface area contributed by atoms with Gasteiger partial charge in [-0.05, 0) is 13.0 Å². The molecule has 1 rings (SSSR count). The number of nitrogens with zero attached hydrogens (tertiary/aromatic N) is 3. The van der Waals surface area contributed by atoms with Gasteiger partial charge in [-0.15, -0.1) is 0 Å². The molecule has 0 bridgehead atoms. The quantitative estimate of drug-likeness (QED) is 0.616. The Morgan fingerprint density at radius 2 is 2.38 bits per heavy atom. The van der Waals surface area contributed by atoms with Crippen LogP contribution in [-0.2, 0) is 19.6 Å². The van der Waals surface area contributed by atoms with Gasteiger partial charge in [-0.3, -0.25) is 8.37 Å². The Morgan fingerprint density at radius 3 is 2.88 bits per heavy atom. The van der Waals surface area contributed by atoms with Crippen molar-refractivity contribution in [2.45, 2.75) is 13.0 Å². The second-order valence-electron chi connectivity index (χ2n) is 2.73. The first-order valence-electron chi connectivity index (χ1n) is 4.34. The van der Waals surface area contributed by atoms with Crippen LogP contribution in [0.4, 0.5) is 0 Å². The van der Waals surface area contributed by atoms with E-state index in [4.69, 9.17) is 25.2 Å². The summed E-state index contributed by atoms with van der Waals surface area (Å²) < 4.78 is 13.7. The molecule has 7 heteroatoms. The van der Waals surface area contributed by atoms with Gasteiger partial charge in [0, 0.05) is 11.8 Å². The van der Waals surface area contributed by atoms with Crippen molar-refractivity contribution in [1.29, 1.82) is 5.26 Å². The Bertz CT molecular complexity index is 416. The Labute approximate surface area is 101 Å². The SMILES string of the molecule is COS(=NC#N)O[C@@H](C)c1ccc(Cl)nc1. The van der Waals surface area contributed by atoms with Crippen LogP contribution in [0, 0.1) is 11.5 Å². The van der Waals surface area contributed by atoms with E-state index in [9.17, 15) is 0 Å². The van der Waals surface area contributed by atoms with Crippen LogP contribution in [0.5, 0.6) is 0 Å². The summed E-state index contributed by atoms with van der Waals surface area (Å²) in [6.45, 7) is 1.82. The first-order chi connectivity index (χ1) is 7.67. The number of nitriles is 1. The van der Waals surface area contributed by atoms with Gasteiger partial charge < -0.3 is 0 Å². The summed E-state index contributed by atoms with van der Waals surface area (Å²) in [5.74, 6) is 0. The average Bonchev–Trinajstić information content (AvgIpc) is 2.29. The second kappa shape index (κ2) is 6.55. The molecule has 0 aliphatic heterocycles. The van der Waals surface area contributed by atoms with E-state index in [0.717, 1.165) is 5.56 Å². The molecule has 0 amide bonds. The molecule has 5 nitrogen and oxygen atoms in total. The maximum Gasteiger partial charge on any atom is 0.216 e. The van der Waals surface area contributed by atoms with E-state index in [1.807, 2.05) is 6.92 Å². The van der Waals surface area contributed by atoms with Crippen molar-refractivity contribution in [3.8, 4) is 6.19 Å². The largest absolute Gasteiger partial charge is 0.287 e. The molecular formula is C9H10ClN3O2S. The van der Waals surface area contributed by atoms with Crippen molar-refractivity contribution in [2.24, 2.45) is 4.36 Å². The third-order valence-corrected chi connectivity index (χ3v) is 2.90. The lowest BCUT2D eigenvalue weighted by molar-refractivity contribution is 0.230. The number of hydrogen-bond donors (Lipinski definition) is 0. The highest BCUT2D eigenvalue weighted by molar-refractivity contribution is 7.77.